The summed E-state index contributed by atoms with van der Waals surface area (Å²) in [4.78, 5) is 22.5. The fourth-order valence-electron chi connectivity index (χ4n) is 1.38. The average Bonchev–Trinajstić information content (AvgIpc) is 2.33. The number of carbonyl (C=O) groups is 1. The zero-order valence-corrected chi connectivity index (χ0v) is 9.53. The van der Waals surface area contributed by atoms with E-state index in [0.29, 0.717) is 0 Å². The van der Waals surface area contributed by atoms with Gasteiger partial charge in [-0.15, -0.1) is 0 Å². The number of anilines is 1. The second kappa shape index (κ2) is 4.79. The van der Waals surface area contributed by atoms with Gasteiger partial charge in [0.25, 0.3) is 11.5 Å². The second-order valence-electron chi connectivity index (χ2n) is 3.74. The van der Waals surface area contributed by atoms with Crippen LogP contribution < -0.4 is 10.9 Å². The molecule has 0 aliphatic carbocycles. The van der Waals surface area contributed by atoms with Gasteiger partial charge in [-0.1, -0.05) is 6.07 Å². The molecule has 0 bridgehead atoms. The number of aromatic nitrogens is 2. The maximum absolute atomic E-state index is 13.5. The number of aromatic amines is 1. The summed E-state index contributed by atoms with van der Waals surface area (Å²) in [6, 6.07) is 6.90. The quantitative estimate of drug-likeness (QED) is 0.843. The van der Waals surface area contributed by atoms with E-state index in [1.807, 2.05) is 0 Å². The van der Waals surface area contributed by atoms with E-state index in [0.717, 1.165) is 5.56 Å². The third kappa shape index (κ3) is 2.60. The predicted molar refractivity (Wildman–Crippen MR) is 63.9 cm³/mol. The molecule has 2 rings (SSSR count). The number of hydrogen-bond acceptors (Lipinski definition) is 3. The summed E-state index contributed by atoms with van der Waals surface area (Å²) in [5.41, 5.74) is 0.425. The Hall–Kier alpha value is -2.50. The Morgan fingerprint density at radius 1 is 1.33 bits per heavy atom. The number of hydrogen-bond donors (Lipinski definition) is 2. The molecule has 6 heteroatoms. The topological polar surface area (TPSA) is 74.8 Å². The molecule has 0 spiro atoms. The van der Waals surface area contributed by atoms with Gasteiger partial charge in [0, 0.05) is 6.07 Å². The van der Waals surface area contributed by atoms with Crippen molar-refractivity contribution in [2.24, 2.45) is 0 Å². The number of benzene rings is 1. The van der Waals surface area contributed by atoms with Crippen LogP contribution in [0.25, 0.3) is 0 Å². The van der Waals surface area contributed by atoms with Crippen molar-refractivity contribution in [3.63, 3.8) is 0 Å². The fraction of sp³-hybridized carbons (Fsp3) is 0.0833. The van der Waals surface area contributed by atoms with Gasteiger partial charge in [0.2, 0.25) is 0 Å². The van der Waals surface area contributed by atoms with E-state index in [2.05, 4.69) is 15.5 Å². The highest BCUT2D eigenvalue weighted by atomic mass is 19.1. The minimum absolute atomic E-state index is 0.00887. The molecule has 2 aromatic rings. The molecule has 5 nitrogen and oxygen atoms in total. The van der Waals surface area contributed by atoms with Gasteiger partial charge in [0.1, 0.15) is 11.5 Å². The Kier molecular flexibility index (Phi) is 3.18. The first kappa shape index (κ1) is 12.0. The van der Waals surface area contributed by atoms with Gasteiger partial charge < -0.3 is 5.32 Å². The average molecular weight is 247 g/mol. The highest BCUT2D eigenvalue weighted by Crippen LogP contribution is 2.15. The molecule has 92 valence electrons. The lowest BCUT2D eigenvalue weighted by atomic mass is 10.2. The van der Waals surface area contributed by atoms with E-state index in [4.69, 9.17) is 0 Å². The van der Waals surface area contributed by atoms with Crippen LogP contribution in [0.15, 0.2) is 35.1 Å². The van der Waals surface area contributed by atoms with Crippen molar-refractivity contribution in [1.29, 1.82) is 0 Å². The molecule has 1 aromatic heterocycles. The molecule has 0 saturated carbocycles. The molecule has 0 aliphatic rings. The summed E-state index contributed by atoms with van der Waals surface area (Å²) in [5.74, 6) is -1.11. The second-order valence-corrected chi connectivity index (χ2v) is 3.74. The predicted octanol–water partition coefficient (Wildman–Crippen LogP) is 1.47. The van der Waals surface area contributed by atoms with E-state index in [1.54, 1.807) is 13.0 Å². The Labute approximate surface area is 102 Å². The standard InChI is InChI=1S/C12H10FN3O2/c1-7-2-3-9(8(13)6-7)14-12(18)10-4-5-11(17)16-15-10/h2-6H,1H3,(H,14,18)(H,16,17). The van der Waals surface area contributed by atoms with Crippen LogP contribution in [0.2, 0.25) is 0 Å². The molecule has 2 N–H and O–H groups in total. The van der Waals surface area contributed by atoms with Crippen molar-refractivity contribution in [2.75, 3.05) is 5.32 Å². The molecule has 0 fully saturated rings. The number of carbonyl (C=O) groups excluding carboxylic acids is 1. The van der Waals surface area contributed by atoms with Crippen molar-refractivity contribution < 1.29 is 9.18 Å². The zero-order valence-electron chi connectivity index (χ0n) is 9.53. The number of H-pyrrole nitrogens is 1. The van der Waals surface area contributed by atoms with Crippen LogP contribution in [0, 0.1) is 12.7 Å². The lowest BCUT2D eigenvalue weighted by molar-refractivity contribution is 0.102. The maximum atomic E-state index is 13.5. The number of nitrogens with zero attached hydrogens (tertiary/aromatic N) is 1. The highest BCUT2D eigenvalue weighted by Gasteiger charge is 2.10. The number of aryl methyl sites for hydroxylation is 1. The normalized spacial score (nSPS) is 10.1. The summed E-state index contributed by atoms with van der Waals surface area (Å²) in [7, 11) is 0. The van der Waals surface area contributed by atoms with Crippen molar-refractivity contribution in [3.8, 4) is 0 Å². The lowest BCUT2D eigenvalue weighted by Crippen LogP contribution is -2.18. The molecule has 0 radical (unpaired) electrons. The zero-order chi connectivity index (χ0) is 13.1. The number of rotatable bonds is 2. The third-order valence-electron chi connectivity index (χ3n) is 2.28. The molecular weight excluding hydrogens is 237 g/mol. The van der Waals surface area contributed by atoms with Crippen LogP contribution in [0.3, 0.4) is 0 Å². The van der Waals surface area contributed by atoms with Crippen LogP contribution in [0.5, 0.6) is 0 Å². The minimum atomic E-state index is -0.589. The van der Waals surface area contributed by atoms with Crippen LogP contribution in [-0.2, 0) is 0 Å². The SMILES string of the molecule is Cc1ccc(NC(=O)c2ccc(=O)[nH]n2)c(F)c1. The van der Waals surface area contributed by atoms with Gasteiger partial charge in [0.05, 0.1) is 5.69 Å². The summed E-state index contributed by atoms with van der Waals surface area (Å²) in [6.45, 7) is 1.75. The smallest absolute Gasteiger partial charge is 0.276 e. The number of amides is 1. The Morgan fingerprint density at radius 3 is 2.72 bits per heavy atom. The Morgan fingerprint density at radius 2 is 2.11 bits per heavy atom. The largest absolute Gasteiger partial charge is 0.318 e. The van der Waals surface area contributed by atoms with Crippen molar-refractivity contribution in [2.45, 2.75) is 6.92 Å². The van der Waals surface area contributed by atoms with Gasteiger partial charge in [-0.05, 0) is 30.7 Å². The van der Waals surface area contributed by atoms with E-state index in [9.17, 15) is 14.0 Å². The van der Waals surface area contributed by atoms with E-state index in [1.165, 1.54) is 24.3 Å². The maximum Gasteiger partial charge on any atom is 0.276 e. The molecule has 0 saturated heterocycles. The van der Waals surface area contributed by atoms with E-state index < -0.39 is 17.3 Å². The van der Waals surface area contributed by atoms with Gasteiger partial charge in [-0.25, -0.2) is 9.49 Å². The summed E-state index contributed by atoms with van der Waals surface area (Å²) < 4.78 is 13.5. The molecular formula is C12H10FN3O2. The van der Waals surface area contributed by atoms with Crippen LogP contribution >= 0.6 is 0 Å². The molecule has 0 aliphatic heterocycles. The minimum Gasteiger partial charge on any atom is -0.318 e. The summed E-state index contributed by atoms with van der Waals surface area (Å²) in [5, 5.41) is 8.05. The summed E-state index contributed by atoms with van der Waals surface area (Å²) >= 11 is 0. The number of halogens is 1. The van der Waals surface area contributed by atoms with Crippen molar-refractivity contribution >= 4 is 11.6 Å². The first-order valence-corrected chi connectivity index (χ1v) is 5.19. The molecule has 18 heavy (non-hydrogen) atoms. The summed E-state index contributed by atoms with van der Waals surface area (Å²) in [6.07, 6.45) is 0. The first-order chi connectivity index (χ1) is 8.56. The molecule has 1 aromatic carbocycles. The molecule has 0 atom stereocenters. The van der Waals surface area contributed by atoms with Crippen LogP contribution in [-0.4, -0.2) is 16.1 Å². The third-order valence-corrected chi connectivity index (χ3v) is 2.28. The van der Waals surface area contributed by atoms with Crippen molar-refractivity contribution in [1.82, 2.24) is 10.2 Å². The number of nitrogens with one attached hydrogen (secondary N) is 2. The van der Waals surface area contributed by atoms with Gasteiger partial charge in [0.15, 0.2) is 0 Å². The van der Waals surface area contributed by atoms with Gasteiger partial charge in [-0.2, -0.15) is 5.10 Å². The Balaban J connectivity index is 2.21. The highest BCUT2D eigenvalue weighted by molar-refractivity contribution is 6.02. The van der Waals surface area contributed by atoms with Crippen LogP contribution in [0.4, 0.5) is 10.1 Å². The van der Waals surface area contributed by atoms with E-state index in [-0.39, 0.29) is 11.4 Å². The fourth-order valence-corrected chi connectivity index (χ4v) is 1.38. The monoisotopic (exact) mass is 247 g/mol. The molecule has 1 amide bonds. The Bertz CT molecular complexity index is 632. The molecule has 1 heterocycles. The molecule has 0 unspecified atom stereocenters. The first-order valence-electron chi connectivity index (χ1n) is 5.19. The van der Waals surface area contributed by atoms with E-state index >= 15 is 0 Å². The van der Waals surface area contributed by atoms with Crippen LogP contribution in [0.1, 0.15) is 16.1 Å². The van der Waals surface area contributed by atoms with Crippen molar-refractivity contribution in [3.05, 3.63) is 57.8 Å². The lowest BCUT2D eigenvalue weighted by Gasteiger charge is -2.05. The van der Waals surface area contributed by atoms with Gasteiger partial charge in [-0.3, -0.25) is 9.59 Å². The van der Waals surface area contributed by atoms with Gasteiger partial charge >= 0.3 is 0 Å².